The molecule has 24 heavy (non-hydrogen) atoms. The van der Waals surface area contributed by atoms with Crippen LogP contribution >= 0.6 is 0 Å². The van der Waals surface area contributed by atoms with Crippen LogP contribution in [-0.4, -0.2) is 29.3 Å². The average molecular weight is 330 g/mol. The highest BCUT2D eigenvalue weighted by Gasteiger charge is 2.34. The van der Waals surface area contributed by atoms with Crippen LogP contribution in [0.3, 0.4) is 0 Å². The second-order valence-electron chi connectivity index (χ2n) is 5.66. The highest BCUT2D eigenvalue weighted by molar-refractivity contribution is 6.01. The summed E-state index contributed by atoms with van der Waals surface area (Å²) in [6, 6.07) is 10.1. The Morgan fingerprint density at radius 1 is 0.958 bits per heavy atom. The standard InChI is InChI=1S/C18H16F2N2O2/c19-13-5-3-12(4-6-13)18(24)22-11-1-2-16(22)17(23)21-15-9-7-14(20)8-10-15/h3-10,16H,1-2,11H2,(H,21,23)/t16-/m1/s1. The number of carbonyl (C=O) groups is 2. The van der Waals surface area contributed by atoms with Gasteiger partial charge in [0.25, 0.3) is 5.91 Å². The number of likely N-dealkylation sites (tertiary alicyclic amines) is 1. The van der Waals surface area contributed by atoms with Gasteiger partial charge >= 0.3 is 0 Å². The van der Waals surface area contributed by atoms with Crippen molar-refractivity contribution in [1.82, 2.24) is 4.90 Å². The summed E-state index contributed by atoms with van der Waals surface area (Å²) in [5, 5.41) is 2.70. The predicted octanol–water partition coefficient (Wildman–Crippen LogP) is 3.21. The molecule has 0 saturated carbocycles. The third-order valence-electron chi connectivity index (χ3n) is 4.02. The van der Waals surface area contributed by atoms with Gasteiger partial charge in [-0.2, -0.15) is 0 Å². The van der Waals surface area contributed by atoms with E-state index in [9.17, 15) is 18.4 Å². The predicted molar refractivity (Wildman–Crippen MR) is 85.5 cm³/mol. The first-order chi connectivity index (χ1) is 11.5. The molecule has 6 heteroatoms. The van der Waals surface area contributed by atoms with Gasteiger partial charge in [0.1, 0.15) is 17.7 Å². The molecule has 2 amide bonds. The molecule has 1 saturated heterocycles. The van der Waals surface area contributed by atoms with Crippen LogP contribution in [0, 0.1) is 11.6 Å². The molecule has 0 unspecified atom stereocenters. The summed E-state index contributed by atoms with van der Waals surface area (Å²) in [6.45, 7) is 0.470. The number of hydrogen-bond acceptors (Lipinski definition) is 2. The van der Waals surface area contributed by atoms with Crippen LogP contribution < -0.4 is 5.32 Å². The molecule has 0 radical (unpaired) electrons. The van der Waals surface area contributed by atoms with Crippen molar-refractivity contribution in [3.63, 3.8) is 0 Å². The van der Waals surface area contributed by atoms with Crippen molar-refractivity contribution in [1.29, 1.82) is 0 Å². The van der Waals surface area contributed by atoms with Crippen molar-refractivity contribution in [2.45, 2.75) is 18.9 Å². The van der Waals surface area contributed by atoms with Gasteiger partial charge < -0.3 is 10.2 Å². The second-order valence-corrected chi connectivity index (χ2v) is 5.66. The lowest BCUT2D eigenvalue weighted by atomic mass is 10.1. The van der Waals surface area contributed by atoms with E-state index in [2.05, 4.69) is 5.32 Å². The van der Waals surface area contributed by atoms with E-state index in [1.165, 1.54) is 53.4 Å². The highest BCUT2D eigenvalue weighted by Crippen LogP contribution is 2.22. The maximum atomic E-state index is 13.0. The van der Waals surface area contributed by atoms with Gasteiger partial charge in [0.2, 0.25) is 5.91 Å². The Balaban J connectivity index is 1.72. The number of nitrogens with zero attached hydrogens (tertiary/aromatic N) is 1. The summed E-state index contributed by atoms with van der Waals surface area (Å²) in [4.78, 5) is 26.5. The molecule has 4 nitrogen and oxygen atoms in total. The van der Waals surface area contributed by atoms with E-state index in [4.69, 9.17) is 0 Å². The minimum atomic E-state index is -0.590. The molecule has 1 N–H and O–H groups in total. The zero-order valence-corrected chi connectivity index (χ0v) is 12.8. The minimum absolute atomic E-state index is 0.299. The Morgan fingerprint density at radius 2 is 1.54 bits per heavy atom. The van der Waals surface area contributed by atoms with Gasteiger partial charge in [-0.15, -0.1) is 0 Å². The first-order valence-electron chi connectivity index (χ1n) is 7.67. The summed E-state index contributed by atoms with van der Waals surface area (Å²) < 4.78 is 25.9. The molecule has 1 aliphatic rings. The minimum Gasteiger partial charge on any atom is -0.327 e. The molecule has 1 fully saturated rings. The first-order valence-corrected chi connectivity index (χ1v) is 7.67. The summed E-state index contributed by atoms with van der Waals surface area (Å²) in [7, 11) is 0. The van der Waals surface area contributed by atoms with Gasteiger partial charge in [-0.25, -0.2) is 8.78 Å². The van der Waals surface area contributed by atoms with Crippen LogP contribution in [0.1, 0.15) is 23.2 Å². The lowest BCUT2D eigenvalue weighted by Crippen LogP contribution is -2.43. The Labute approximate surface area is 138 Å². The quantitative estimate of drug-likeness (QED) is 0.939. The molecular formula is C18H16F2N2O2. The molecular weight excluding hydrogens is 314 g/mol. The monoisotopic (exact) mass is 330 g/mol. The third-order valence-corrected chi connectivity index (χ3v) is 4.02. The number of benzene rings is 2. The fourth-order valence-corrected chi connectivity index (χ4v) is 2.80. The van der Waals surface area contributed by atoms with E-state index in [0.29, 0.717) is 30.6 Å². The molecule has 124 valence electrons. The van der Waals surface area contributed by atoms with Crippen molar-refractivity contribution in [3.8, 4) is 0 Å². The number of anilines is 1. The van der Waals surface area contributed by atoms with Gasteiger partial charge in [0, 0.05) is 17.8 Å². The van der Waals surface area contributed by atoms with Crippen molar-refractivity contribution >= 4 is 17.5 Å². The maximum Gasteiger partial charge on any atom is 0.254 e. The van der Waals surface area contributed by atoms with E-state index >= 15 is 0 Å². The number of amides is 2. The van der Waals surface area contributed by atoms with E-state index < -0.39 is 11.9 Å². The maximum absolute atomic E-state index is 13.0. The fraction of sp³-hybridized carbons (Fsp3) is 0.222. The molecule has 0 bridgehead atoms. The topological polar surface area (TPSA) is 49.4 Å². The normalized spacial score (nSPS) is 16.9. The molecule has 1 heterocycles. The smallest absolute Gasteiger partial charge is 0.254 e. The molecule has 2 aromatic carbocycles. The summed E-state index contributed by atoms with van der Waals surface area (Å²) >= 11 is 0. The van der Waals surface area contributed by atoms with Crippen LogP contribution in [0.2, 0.25) is 0 Å². The van der Waals surface area contributed by atoms with Crippen molar-refractivity contribution in [2.24, 2.45) is 0 Å². The van der Waals surface area contributed by atoms with E-state index in [1.807, 2.05) is 0 Å². The van der Waals surface area contributed by atoms with Gasteiger partial charge in [0.05, 0.1) is 0 Å². The molecule has 3 rings (SSSR count). The van der Waals surface area contributed by atoms with Crippen LogP contribution in [0.5, 0.6) is 0 Å². The number of hydrogen-bond donors (Lipinski definition) is 1. The number of halogens is 2. The summed E-state index contributed by atoms with van der Waals surface area (Å²) in [5.41, 5.74) is 0.820. The molecule has 0 aliphatic carbocycles. The third kappa shape index (κ3) is 3.42. The Morgan fingerprint density at radius 3 is 2.17 bits per heavy atom. The van der Waals surface area contributed by atoms with E-state index in [0.717, 1.165) is 0 Å². The van der Waals surface area contributed by atoms with Crippen molar-refractivity contribution in [2.75, 3.05) is 11.9 Å². The van der Waals surface area contributed by atoms with Gasteiger partial charge in [-0.1, -0.05) is 0 Å². The fourth-order valence-electron chi connectivity index (χ4n) is 2.80. The van der Waals surface area contributed by atoms with Crippen molar-refractivity contribution < 1.29 is 18.4 Å². The lowest BCUT2D eigenvalue weighted by Gasteiger charge is -2.24. The Bertz CT molecular complexity index is 745. The highest BCUT2D eigenvalue weighted by atomic mass is 19.1. The molecule has 1 aliphatic heterocycles. The number of rotatable bonds is 3. The SMILES string of the molecule is O=C(Nc1ccc(F)cc1)[C@H]1CCCN1C(=O)c1ccc(F)cc1. The lowest BCUT2D eigenvalue weighted by molar-refractivity contribution is -0.119. The number of nitrogens with one attached hydrogen (secondary N) is 1. The zero-order valence-electron chi connectivity index (χ0n) is 12.8. The first kappa shape index (κ1) is 16.1. The van der Waals surface area contributed by atoms with Crippen LogP contribution in [0.4, 0.5) is 14.5 Å². The zero-order chi connectivity index (χ0) is 17.1. The van der Waals surface area contributed by atoms with Crippen molar-refractivity contribution in [3.05, 3.63) is 65.7 Å². The van der Waals surface area contributed by atoms with E-state index in [-0.39, 0.29) is 17.6 Å². The second kappa shape index (κ2) is 6.78. The molecule has 2 aromatic rings. The average Bonchev–Trinajstić information content (AvgIpc) is 3.07. The van der Waals surface area contributed by atoms with Crippen LogP contribution in [0.15, 0.2) is 48.5 Å². The van der Waals surface area contributed by atoms with Crippen LogP contribution in [-0.2, 0) is 4.79 Å². The number of carbonyl (C=O) groups excluding carboxylic acids is 2. The molecule has 1 atom stereocenters. The summed E-state index contributed by atoms with van der Waals surface area (Å²) in [5.74, 6) is -1.41. The largest absolute Gasteiger partial charge is 0.327 e. The molecule has 0 aromatic heterocycles. The molecule has 0 spiro atoms. The Kier molecular flexibility index (Phi) is 4.55. The van der Waals surface area contributed by atoms with Crippen LogP contribution in [0.25, 0.3) is 0 Å². The summed E-state index contributed by atoms with van der Waals surface area (Å²) in [6.07, 6.45) is 1.27. The van der Waals surface area contributed by atoms with Gasteiger partial charge in [0.15, 0.2) is 0 Å². The van der Waals surface area contributed by atoms with E-state index in [1.54, 1.807) is 0 Å². The Hall–Kier alpha value is -2.76. The van der Waals surface area contributed by atoms with Gasteiger partial charge in [-0.05, 0) is 61.4 Å². The van der Waals surface area contributed by atoms with Gasteiger partial charge in [-0.3, -0.25) is 9.59 Å².